The number of methoxy groups -OCH3 is 3. The molecule has 0 bridgehead atoms. The van der Waals surface area contributed by atoms with E-state index in [9.17, 15) is 40.9 Å². The van der Waals surface area contributed by atoms with Crippen LogP contribution in [-0.4, -0.2) is 139 Å². The topological polar surface area (TPSA) is 190 Å². The highest BCUT2D eigenvalue weighted by Gasteiger charge is 2.67. The number of fused-ring (bicyclic) bond motifs is 30. The first kappa shape index (κ1) is 115. The molecule has 0 aromatic heterocycles. The van der Waals surface area contributed by atoms with E-state index in [1.165, 1.54) is 292 Å². The van der Waals surface area contributed by atoms with Crippen LogP contribution < -0.4 is 0 Å². The van der Waals surface area contributed by atoms with Crippen molar-refractivity contribution in [2.75, 3.05) is 65.0 Å². The van der Waals surface area contributed by atoms with Gasteiger partial charge in [0.05, 0.1) is 66.6 Å². The summed E-state index contributed by atoms with van der Waals surface area (Å²) in [5.41, 5.74) is 7.85. The summed E-state index contributed by atoms with van der Waals surface area (Å²) < 4.78 is 15.9. The summed E-state index contributed by atoms with van der Waals surface area (Å²) in [6.45, 7) is 53.8. The lowest BCUT2D eigenvalue weighted by molar-refractivity contribution is -0.123. The van der Waals surface area contributed by atoms with Crippen molar-refractivity contribution < 1.29 is 55.1 Å². The molecule has 0 amide bonds. The Labute approximate surface area is 920 Å². The second-order valence-electron chi connectivity index (χ2n) is 61.5. The maximum atomic E-state index is 10.9. The van der Waals surface area contributed by atoms with Gasteiger partial charge < -0.3 is 55.1 Å². The van der Waals surface area contributed by atoms with E-state index in [4.69, 9.17) is 14.2 Å². The molecule has 0 unspecified atom stereocenters. The Kier molecular flexibility index (Phi) is 35.0. The van der Waals surface area contributed by atoms with Crippen molar-refractivity contribution in [2.45, 2.75) is 456 Å². The van der Waals surface area contributed by atoms with Gasteiger partial charge in [0.25, 0.3) is 0 Å². The molecule has 148 heavy (non-hydrogen) atoms. The summed E-state index contributed by atoms with van der Waals surface area (Å²) in [6, 6.07) is 0. The fourth-order valence-electron chi connectivity index (χ4n) is 48.0. The van der Waals surface area contributed by atoms with Crippen molar-refractivity contribution in [3.8, 4) is 0 Å². The van der Waals surface area contributed by atoms with Crippen molar-refractivity contribution >= 4 is 31.9 Å². The Morgan fingerprint density at radius 2 is 0.405 bits per heavy atom. The minimum Gasteiger partial charge on any atom is -0.392 e. The van der Waals surface area contributed by atoms with Gasteiger partial charge in [0.2, 0.25) is 0 Å². The van der Waals surface area contributed by atoms with Crippen LogP contribution >= 0.6 is 31.9 Å². The number of hydrogen-bond acceptors (Lipinski definition) is 11. The summed E-state index contributed by atoms with van der Waals surface area (Å²) in [6.07, 6.45) is 68.8. The molecule has 840 valence electrons. The molecule has 13 heteroatoms. The SMILES string of the molecule is C=C(C)[C@H]1CC[C@H]2[C@@H]3CC[C@@H]4C[C@@](O)(COC)CC[C@@H]4[C@H]3CC[C@]12C.C=C(C)[C@H]1CC[C@H]2[C@@H]3CC[C@@H]4C[C@](C)(O)CC[C@@H]4[C@H]3CC[C@]12C.C=C(CBr)[C@H]1CC[C@H]2[C@@H]3CC[C@@H]4C[C@@](O)(COC)CC[C@@H]4[C@H]3CC[C@]12C.C=C(CBr)[C@H]1CC[C@H]2[C@@H]3CC[C@@H]4C[C@](C)(O)CC[C@@H]4[C@H]3CC[C@]12C.C=C(CO)[C@H]1CC[C@H]2[C@@H]3CC[C@@H]4C[C@@](O)(COC)CC[C@@H]4[C@H]3CC[C@]12C.C=C(CO)[C@H]1CC[C@H]2[C@@H]3CC[C@@H]4C[C@](C)(O)CC[C@@H]4[C@H]3CC[C@]12C. The van der Waals surface area contributed by atoms with Gasteiger partial charge in [0, 0.05) is 32.0 Å². The number of ether oxygens (including phenoxy) is 3. The van der Waals surface area contributed by atoms with Crippen LogP contribution in [0.1, 0.15) is 423 Å². The lowest BCUT2D eigenvalue weighted by Gasteiger charge is -2.57. The highest BCUT2D eigenvalue weighted by molar-refractivity contribution is 9.09. The van der Waals surface area contributed by atoms with Crippen molar-refractivity contribution in [1.29, 1.82) is 0 Å². The van der Waals surface area contributed by atoms with Crippen molar-refractivity contribution in [1.82, 2.24) is 0 Å². The molecule has 24 fully saturated rings. The molecular weight excluding hydrogens is 1960 g/mol. The maximum Gasteiger partial charge on any atom is 0.0882 e. The molecule has 24 aliphatic carbocycles. The van der Waals surface area contributed by atoms with Crippen molar-refractivity contribution in [3.05, 3.63) is 72.9 Å². The molecule has 0 aromatic rings. The quantitative estimate of drug-likeness (QED) is 0.0542. The Balaban J connectivity index is 0.000000112. The van der Waals surface area contributed by atoms with Gasteiger partial charge in [0.1, 0.15) is 0 Å². The maximum absolute atomic E-state index is 10.9. The summed E-state index contributed by atoms with van der Waals surface area (Å²) in [5.74, 6) is 30.3. The molecule has 0 heterocycles. The Hall–Kier alpha value is -1.04. The number of aliphatic hydroxyl groups is 8. The first-order valence-electron chi connectivity index (χ1n) is 63.4. The van der Waals surface area contributed by atoms with Gasteiger partial charge in [-0.25, -0.2) is 0 Å². The number of hydrogen-bond donors (Lipinski definition) is 8. The fourth-order valence-corrected chi connectivity index (χ4v) is 48.8. The van der Waals surface area contributed by atoms with Crippen LogP contribution in [0.4, 0.5) is 0 Å². The third-order valence-electron chi connectivity index (χ3n) is 54.2. The molecule has 24 rings (SSSR count). The Bertz CT molecular complexity index is 4400. The molecule has 0 spiro atoms. The minimum atomic E-state index is -0.580. The molecule has 48 atom stereocenters. The summed E-state index contributed by atoms with van der Waals surface area (Å²) >= 11 is 7.34. The molecular formula is C135H220Br2O11. The molecule has 0 saturated heterocycles. The monoisotopic (exact) mass is 2180 g/mol. The largest absolute Gasteiger partial charge is 0.392 e. The van der Waals surface area contributed by atoms with Crippen molar-refractivity contribution in [3.63, 3.8) is 0 Å². The molecule has 11 nitrogen and oxygen atoms in total. The standard InChI is InChI=1S/C23H37BrO2.C23H38O3.C23H38O2.C22H35BrO.C22H36O2.C22H36O/c2*1-15(13-24)20-6-7-21-19-5-4-16-12-23(25,14-26-3)11-9-17(16)18(19)8-10-22(20,21)2;1-15(2)20-7-8-21-19-6-5-16-13-23(24,14-25-4)12-10-17(16)18(19)9-11-22(20,21)3;2*1-14(13-23)19-6-7-20-18-5-4-15-12-21(2,24)10-8-16(15)17(18)9-11-22(19,20)3;1-14(2)19-7-8-20-18-6-5-15-13-21(3,23)11-9-16(15)17(18)10-12-22(19,20)4/h16-21,25H,1,4-14H2,2-3H3;16-21,24-25H,1,4-14H2,2-3H3;16-21,24H,1,5-14H2,2-4H3;15-20,24H,1,4-13H2,2-3H3;15-20,23-24H,1,4-13H2,2-3H3;15-20,23H,1,5-13H2,2-4H3/t3*16-,17+,18-,19-,20-,21+,22-,23-;3*15-,16+,17-,18-,19-,20+,21-,22-/m111111/s1. The molecule has 0 aromatic carbocycles. The van der Waals surface area contributed by atoms with Crippen LogP contribution in [0.15, 0.2) is 72.9 Å². The van der Waals surface area contributed by atoms with E-state index < -0.39 is 22.4 Å². The van der Waals surface area contributed by atoms with Crippen LogP contribution in [0, 0.1) is 246 Å². The second kappa shape index (κ2) is 45.0. The zero-order chi connectivity index (χ0) is 106. The third-order valence-corrected chi connectivity index (χ3v) is 55.6. The zero-order valence-electron chi connectivity index (χ0n) is 96.7. The number of rotatable bonds is 16. The van der Waals surface area contributed by atoms with E-state index in [-0.39, 0.29) is 24.4 Å². The van der Waals surface area contributed by atoms with Crippen LogP contribution in [0.25, 0.3) is 0 Å². The van der Waals surface area contributed by atoms with Gasteiger partial charge >= 0.3 is 0 Å². The van der Waals surface area contributed by atoms with Gasteiger partial charge in [-0.2, -0.15) is 0 Å². The predicted molar refractivity (Wildman–Crippen MR) is 614 cm³/mol. The summed E-state index contributed by atoms with van der Waals surface area (Å²) in [5, 5.41) is 85.3. The predicted octanol–water partition coefficient (Wildman–Crippen LogP) is 31.1. The van der Waals surface area contributed by atoms with E-state index in [2.05, 4.69) is 147 Å². The van der Waals surface area contributed by atoms with Crippen LogP contribution in [0.5, 0.6) is 0 Å². The van der Waals surface area contributed by atoms with Crippen molar-refractivity contribution in [2.24, 2.45) is 246 Å². The van der Waals surface area contributed by atoms with E-state index in [0.717, 1.165) is 294 Å². The summed E-state index contributed by atoms with van der Waals surface area (Å²) in [4.78, 5) is 0. The number of aliphatic hydroxyl groups excluding tert-OH is 2. The van der Waals surface area contributed by atoms with Crippen LogP contribution in [-0.2, 0) is 14.2 Å². The molecule has 0 radical (unpaired) electrons. The first-order chi connectivity index (χ1) is 70.2. The molecule has 24 saturated carbocycles. The van der Waals surface area contributed by atoms with Crippen LogP contribution in [0.2, 0.25) is 0 Å². The minimum absolute atomic E-state index is 0.157. The smallest absolute Gasteiger partial charge is 0.0882 e. The van der Waals surface area contributed by atoms with Gasteiger partial charge in [-0.3, -0.25) is 0 Å². The zero-order valence-corrected chi connectivity index (χ0v) is 99.9. The second-order valence-corrected chi connectivity index (χ2v) is 62.6. The van der Waals surface area contributed by atoms with E-state index >= 15 is 0 Å². The van der Waals surface area contributed by atoms with Gasteiger partial charge in [-0.15, -0.1) is 0 Å². The van der Waals surface area contributed by atoms with Gasteiger partial charge in [-0.1, -0.05) is 135 Å². The number of halogens is 2. The van der Waals surface area contributed by atoms with Crippen LogP contribution in [0.3, 0.4) is 0 Å². The number of alkyl halides is 2. The van der Waals surface area contributed by atoms with E-state index in [1.54, 1.807) is 21.3 Å². The van der Waals surface area contributed by atoms with Gasteiger partial charge in [0.15, 0.2) is 0 Å². The lowest BCUT2D eigenvalue weighted by Crippen LogP contribution is -2.52. The van der Waals surface area contributed by atoms with E-state index in [1.807, 2.05) is 0 Å². The number of allylic oxidation sites excluding steroid dienone is 4. The third kappa shape index (κ3) is 21.6. The van der Waals surface area contributed by atoms with Gasteiger partial charge in [-0.05, 0) is 638 Å². The molecule has 24 aliphatic rings. The highest BCUT2D eigenvalue weighted by Crippen LogP contribution is 2.75. The Morgan fingerprint density at radius 3 is 0.601 bits per heavy atom. The molecule has 0 aliphatic heterocycles. The highest BCUT2D eigenvalue weighted by atomic mass is 79.9. The average molecular weight is 2180 g/mol. The Morgan fingerprint density at radius 1 is 0.223 bits per heavy atom. The molecule has 8 N–H and O–H groups in total. The van der Waals surface area contributed by atoms with E-state index in [0.29, 0.717) is 70.1 Å². The fraction of sp³-hybridized carbons (Fsp3) is 0.911. The first-order valence-corrected chi connectivity index (χ1v) is 65.6. The lowest BCUT2D eigenvalue weighted by atomic mass is 9.48. The normalized spacial score (nSPS) is 52.7. The summed E-state index contributed by atoms with van der Waals surface area (Å²) in [7, 11) is 5.15. The average Bonchev–Trinajstić information content (AvgIpc) is 1.56.